The molecule has 0 saturated heterocycles. The van der Waals surface area contributed by atoms with Gasteiger partial charge in [-0.15, -0.1) is 0 Å². The predicted molar refractivity (Wildman–Crippen MR) is 400 cm³/mol. The number of hydrogen-bond donors (Lipinski definition) is 2. The average molecular weight is 1280 g/mol. The van der Waals surface area contributed by atoms with Gasteiger partial charge in [0.2, 0.25) is 0 Å². The Bertz CT molecular complexity index is 1410. The molecular weight excluding hydrogens is 1100 g/mol. The van der Waals surface area contributed by atoms with Crippen LogP contribution in [0.3, 0.4) is 0 Å². The summed E-state index contributed by atoms with van der Waals surface area (Å²) in [4.78, 5) is 0. The minimum Gasteiger partial charge on any atom is -0.396 e. The van der Waals surface area contributed by atoms with Crippen molar-refractivity contribution in [3.63, 3.8) is 0 Å². The molecule has 0 unspecified atom stereocenters. The molecule has 2 fully saturated rings. The number of alkyl halides is 2. The van der Waals surface area contributed by atoms with E-state index in [4.69, 9.17) is 9.84 Å². The molecular formula is C83H176F2O4. The van der Waals surface area contributed by atoms with E-state index in [2.05, 4.69) is 247 Å². The molecule has 0 aliphatic heterocycles. The SMILES string of the molecule is CC(C)C(C(C)C)C(C)(C)C.CC(C)C(C(C)C)C(C)(C)O.CC(C)C(C(C)C)C1CC1.CC(C)C(C(C)C)C1CCCCC1.CC(C)C(CO)C(C)C.CC(C)C(COC(C)(C)C)C(C)C.CC(C)C(COC(F)F)C(C)C.CCCC(C(C)C)C(C)C. The molecule has 0 amide bonds. The van der Waals surface area contributed by atoms with Gasteiger partial charge in [-0.3, -0.25) is 0 Å². The number of rotatable bonds is 27. The molecule has 0 radical (unpaired) electrons. The van der Waals surface area contributed by atoms with Gasteiger partial charge in [0.25, 0.3) is 0 Å². The largest absolute Gasteiger partial charge is 0.396 e. The first-order valence-electron chi connectivity index (χ1n) is 38.0. The maximum absolute atomic E-state index is 11.7. The molecule has 0 aromatic carbocycles. The Morgan fingerprint density at radius 1 is 0.360 bits per heavy atom. The van der Waals surface area contributed by atoms with Crippen LogP contribution in [-0.2, 0) is 9.47 Å². The van der Waals surface area contributed by atoms with E-state index in [1.165, 1.54) is 57.8 Å². The van der Waals surface area contributed by atoms with Gasteiger partial charge in [0.15, 0.2) is 0 Å². The van der Waals surface area contributed by atoms with Crippen LogP contribution in [-0.4, -0.2) is 47.8 Å². The van der Waals surface area contributed by atoms with Crippen LogP contribution in [0.5, 0.6) is 0 Å². The van der Waals surface area contributed by atoms with Gasteiger partial charge in [-0.25, -0.2) is 0 Å². The zero-order valence-electron chi connectivity index (χ0n) is 69.0. The zero-order valence-corrected chi connectivity index (χ0v) is 69.0. The lowest BCUT2D eigenvalue weighted by molar-refractivity contribution is -0.144. The van der Waals surface area contributed by atoms with E-state index >= 15 is 0 Å². The molecule has 0 aromatic heterocycles. The normalized spacial score (nSPS) is 14.8. The number of aliphatic hydroxyl groups excluding tert-OH is 1. The summed E-state index contributed by atoms with van der Waals surface area (Å²) in [6.07, 6.45) is 13.2. The number of aliphatic hydroxyl groups is 2. The fourth-order valence-electron chi connectivity index (χ4n) is 16.7. The van der Waals surface area contributed by atoms with Crippen molar-refractivity contribution in [2.75, 3.05) is 19.8 Å². The van der Waals surface area contributed by atoms with Crippen LogP contribution in [0.4, 0.5) is 8.78 Å². The van der Waals surface area contributed by atoms with E-state index in [9.17, 15) is 13.9 Å². The van der Waals surface area contributed by atoms with Crippen LogP contribution >= 0.6 is 0 Å². The Balaban J connectivity index is -0.000000222. The van der Waals surface area contributed by atoms with Crippen LogP contribution in [0.2, 0.25) is 0 Å². The van der Waals surface area contributed by atoms with Crippen molar-refractivity contribution in [3.05, 3.63) is 0 Å². The first-order chi connectivity index (χ1) is 40.1. The van der Waals surface area contributed by atoms with E-state index in [1.807, 2.05) is 41.5 Å². The van der Waals surface area contributed by atoms with Gasteiger partial charge in [0.05, 0.1) is 24.4 Å². The molecule has 2 rings (SSSR count). The molecule has 2 aliphatic carbocycles. The molecule has 2 N–H and O–H groups in total. The average Bonchev–Trinajstić information content (AvgIpc) is 4.14. The summed E-state index contributed by atoms with van der Waals surface area (Å²) in [5.74, 6) is 19.0. The molecule has 4 nitrogen and oxygen atoms in total. The van der Waals surface area contributed by atoms with Gasteiger partial charge in [-0.1, -0.05) is 294 Å². The molecule has 0 bridgehead atoms. The summed E-state index contributed by atoms with van der Waals surface area (Å²) in [6.45, 7) is 90.4. The molecule has 0 atom stereocenters. The molecule has 2 saturated carbocycles. The second-order valence-electron chi connectivity index (χ2n) is 36.5. The van der Waals surface area contributed by atoms with E-state index in [1.54, 1.807) is 0 Å². The fourth-order valence-corrected chi connectivity index (χ4v) is 16.7. The van der Waals surface area contributed by atoms with Crippen molar-refractivity contribution in [1.29, 1.82) is 0 Å². The third-order valence-electron chi connectivity index (χ3n) is 19.9. The zero-order chi connectivity index (χ0) is 72.0. The molecule has 89 heavy (non-hydrogen) atoms. The Morgan fingerprint density at radius 3 is 0.775 bits per heavy atom. The van der Waals surface area contributed by atoms with Gasteiger partial charge in [-0.05, 0) is 207 Å². The van der Waals surface area contributed by atoms with Crippen LogP contribution in [0.1, 0.15) is 342 Å². The highest BCUT2D eigenvalue weighted by Crippen LogP contribution is 2.44. The molecule has 0 spiro atoms. The maximum atomic E-state index is 11.7. The van der Waals surface area contributed by atoms with Crippen molar-refractivity contribution in [3.8, 4) is 0 Å². The Labute approximate surface area is 564 Å². The summed E-state index contributed by atoms with van der Waals surface area (Å²) in [5.41, 5.74) is -0.0767. The summed E-state index contributed by atoms with van der Waals surface area (Å²) < 4.78 is 33.5. The lowest BCUT2D eigenvalue weighted by atomic mass is 9.69. The van der Waals surface area contributed by atoms with Gasteiger partial charge in [0, 0.05) is 6.61 Å². The van der Waals surface area contributed by atoms with Crippen molar-refractivity contribution in [1.82, 2.24) is 0 Å². The number of ether oxygens (including phenoxy) is 2. The smallest absolute Gasteiger partial charge is 0.345 e. The first kappa shape index (κ1) is 99.7. The molecule has 0 aromatic rings. The number of halogens is 2. The summed E-state index contributed by atoms with van der Waals surface area (Å²) >= 11 is 0. The highest BCUT2D eigenvalue weighted by atomic mass is 19.3. The second kappa shape index (κ2) is 51.9. The lowest BCUT2D eigenvalue weighted by Crippen LogP contribution is -2.37. The summed E-state index contributed by atoms with van der Waals surface area (Å²) in [7, 11) is 0. The van der Waals surface area contributed by atoms with Crippen LogP contribution in [0, 0.1) is 159 Å². The fraction of sp³-hybridized carbons (Fsp3) is 1.00. The second-order valence-corrected chi connectivity index (χ2v) is 36.5. The highest BCUT2D eigenvalue weighted by Gasteiger charge is 2.35. The minimum atomic E-state index is -2.63. The van der Waals surface area contributed by atoms with Crippen molar-refractivity contribution < 1.29 is 28.5 Å². The first-order valence-corrected chi connectivity index (χ1v) is 38.0. The summed E-state index contributed by atoms with van der Waals surface area (Å²) in [6, 6.07) is 0. The van der Waals surface area contributed by atoms with Gasteiger partial charge < -0.3 is 19.7 Å². The topological polar surface area (TPSA) is 58.9 Å². The van der Waals surface area contributed by atoms with Crippen molar-refractivity contribution >= 4 is 0 Å². The van der Waals surface area contributed by atoms with Crippen molar-refractivity contribution in [2.24, 2.45) is 159 Å². The van der Waals surface area contributed by atoms with Crippen LogP contribution in [0.25, 0.3) is 0 Å². The minimum absolute atomic E-state index is 0.00201. The van der Waals surface area contributed by atoms with E-state index in [-0.39, 0.29) is 18.1 Å². The Hall–Kier alpha value is -0.300. The number of hydrogen-bond acceptors (Lipinski definition) is 4. The Morgan fingerprint density at radius 2 is 0.640 bits per heavy atom. The molecule has 2 aliphatic rings. The third kappa shape index (κ3) is 52.6. The third-order valence-corrected chi connectivity index (χ3v) is 19.9. The molecule has 546 valence electrons. The Kier molecular flexibility index (Phi) is 58.2. The van der Waals surface area contributed by atoms with E-state index < -0.39 is 12.2 Å². The van der Waals surface area contributed by atoms with E-state index in [0.717, 1.165) is 89.5 Å². The maximum Gasteiger partial charge on any atom is 0.345 e. The lowest BCUT2D eigenvalue weighted by Gasteiger charge is -2.37. The highest BCUT2D eigenvalue weighted by molar-refractivity contribution is 4.85. The quantitative estimate of drug-likeness (QED) is 0.0861. The standard InChI is InChI=1S/C13H26.C12H26O.C11H24.C10H22O.C10H20.C10H22.C9H18F2O.C8H18O/c1-10(2)13(11(3)4)12-8-6-5-7-9-12;1-9(2)11(10(3)4)8-13-12(5,6)7;1-8(2)10(9(3)4)11(5,6)7;1-7(2)9(8(3)4)10(5,6)11;1-7(2)10(8(3)4)9-5-6-9;1-6-7-10(8(2)3)9(4)5;1-6(2)8(7(3)4)5-12-9(10)11;1-6(2)8(5-9)7(3)4/h10-13H,5-9H2,1-4H3;9-11H,8H2,1-7H3;8-10H,1-7H3;7-9,11H,1-6H3;7-10H,5-6H2,1-4H3;8-10H,6-7H2,1-5H3;6-9H,5H2,1-4H3;6-9H,5H2,1-4H3. The van der Waals surface area contributed by atoms with Gasteiger partial charge >= 0.3 is 6.61 Å². The summed E-state index contributed by atoms with van der Waals surface area (Å²) in [5, 5.41) is 18.7. The van der Waals surface area contributed by atoms with Crippen LogP contribution in [0.15, 0.2) is 0 Å². The predicted octanol–water partition coefficient (Wildman–Crippen LogP) is 27.0. The van der Waals surface area contributed by atoms with Gasteiger partial charge in [0.1, 0.15) is 0 Å². The van der Waals surface area contributed by atoms with E-state index in [0.29, 0.717) is 77.1 Å². The van der Waals surface area contributed by atoms with Crippen LogP contribution < -0.4 is 0 Å². The molecule has 0 heterocycles. The van der Waals surface area contributed by atoms with Crippen molar-refractivity contribution in [2.45, 2.75) is 359 Å². The van der Waals surface area contributed by atoms with Gasteiger partial charge in [-0.2, -0.15) is 8.78 Å². The molecule has 6 heteroatoms. The monoisotopic (exact) mass is 1280 g/mol.